The average molecular weight is 338 g/mol. The van der Waals surface area contributed by atoms with Gasteiger partial charge in [-0.2, -0.15) is 0 Å². The summed E-state index contributed by atoms with van der Waals surface area (Å²) in [5.41, 5.74) is 1.05. The lowest BCUT2D eigenvalue weighted by molar-refractivity contribution is 0.456. The molecule has 0 heterocycles. The van der Waals surface area contributed by atoms with E-state index in [0.29, 0.717) is 5.75 Å². The number of nitrogens with one attached hydrogen (secondary N) is 1. The van der Waals surface area contributed by atoms with Crippen molar-refractivity contribution < 1.29 is 9.13 Å². The second kappa shape index (κ2) is 6.86. The predicted octanol–water partition coefficient (Wildman–Crippen LogP) is 5.05. The van der Waals surface area contributed by atoms with E-state index in [-0.39, 0.29) is 11.9 Å². The Morgan fingerprint density at radius 1 is 1.20 bits per heavy atom. The second-order valence-corrected chi connectivity index (χ2v) is 5.35. The Morgan fingerprint density at radius 2 is 1.95 bits per heavy atom. The van der Waals surface area contributed by atoms with Crippen molar-refractivity contribution in [1.29, 1.82) is 0 Å². The number of hydrogen-bond donors (Lipinski definition) is 1. The van der Waals surface area contributed by atoms with Gasteiger partial charge in [0.2, 0.25) is 0 Å². The summed E-state index contributed by atoms with van der Waals surface area (Å²) in [7, 11) is 0. The summed E-state index contributed by atoms with van der Waals surface area (Å²) in [4.78, 5) is 0. The highest BCUT2D eigenvalue weighted by atomic mass is 79.9. The first-order chi connectivity index (χ1) is 9.61. The smallest absolute Gasteiger partial charge is 0.144 e. The van der Waals surface area contributed by atoms with Gasteiger partial charge in [0.05, 0.1) is 4.47 Å². The molecule has 0 aliphatic rings. The molecule has 0 radical (unpaired) electrons. The van der Waals surface area contributed by atoms with Crippen molar-refractivity contribution >= 4 is 15.9 Å². The minimum absolute atomic E-state index is 0.170. The van der Waals surface area contributed by atoms with Crippen molar-refractivity contribution in [2.24, 2.45) is 0 Å². The normalized spacial score (nSPS) is 12.2. The zero-order valence-electron chi connectivity index (χ0n) is 11.5. The first-order valence-electron chi connectivity index (χ1n) is 6.57. The lowest BCUT2D eigenvalue weighted by Gasteiger charge is -2.18. The van der Waals surface area contributed by atoms with E-state index in [1.165, 1.54) is 12.1 Å². The van der Waals surface area contributed by atoms with Crippen LogP contribution in [0.3, 0.4) is 0 Å². The monoisotopic (exact) mass is 337 g/mol. The zero-order valence-corrected chi connectivity index (χ0v) is 13.1. The molecule has 20 heavy (non-hydrogen) atoms. The standard InChI is InChI=1S/C16H17BrFNO/c1-3-19-11(2)13-6-4-5-7-15(13)20-16-10-12(18)8-9-14(16)17/h4-11,19H,3H2,1-2H3. The third-order valence-electron chi connectivity index (χ3n) is 3.01. The van der Waals surface area contributed by atoms with Gasteiger partial charge >= 0.3 is 0 Å². The van der Waals surface area contributed by atoms with Gasteiger partial charge in [0.15, 0.2) is 0 Å². The molecule has 0 bridgehead atoms. The maximum absolute atomic E-state index is 13.3. The lowest BCUT2D eigenvalue weighted by Crippen LogP contribution is -2.18. The van der Waals surface area contributed by atoms with Crippen LogP contribution >= 0.6 is 15.9 Å². The molecule has 0 saturated heterocycles. The van der Waals surface area contributed by atoms with Crippen LogP contribution in [-0.4, -0.2) is 6.54 Å². The van der Waals surface area contributed by atoms with Crippen LogP contribution in [0.5, 0.6) is 11.5 Å². The molecule has 0 aromatic heterocycles. The van der Waals surface area contributed by atoms with Crippen LogP contribution in [0, 0.1) is 5.82 Å². The zero-order chi connectivity index (χ0) is 14.5. The molecule has 0 spiro atoms. The molecule has 2 nitrogen and oxygen atoms in total. The molecule has 0 aliphatic heterocycles. The summed E-state index contributed by atoms with van der Waals surface area (Å²) >= 11 is 3.37. The molecule has 4 heteroatoms. The van der Waals surface area contributed by atoms with Gasteiger partial charge < -0.3 is 10.1 Å². The molecule has 1 atom stereocenters. The quantitative estimate of drug-likeness (QED) is 0.824. The molecule has 2 rings (SSSR count). The summed E-state index contributed by atoms with van der Waals surface area (Å²) in [5.74, 6) is 0.883. The van der Waals surface area contributed by atoms with Crippen LogP contribution in [0.15, 0.2) is 46.9 Å². The van der Waals surface area contributed by atoms with E-state index in [2.05, 4.69) is 35.1 Å². The first-order valence-corrected chi connectivity index (χ1v) is 7.36. The number of halogens is 2. The summed E-state index contributed by atoms with van der Waals surface area (Å²) in [6, 6.07) is 12.4. The molecule has 2 aromatic carbocycles. The fourth-order valence-electron chi connectivity index (χ4n) is 2.02. The Hall–Kier alpha value is -1.39. The van der Waals surface area contributed by atoms with Gasteiger partial charge in [-0.05, 0) is 47.6 Å². The van der Waals surface area contributed by atoms with Crippen molar-refractivity contribution in [1.82, 2.24) is 5.32 Å². The van der Waals surface area contributed by atoms with Crippen LogP contribution in [0.25, 0.3) is 0 Å². The van der Waals surface area contributed by atoms with Gasteiger partial charge in [-0.3, -0.25) is 0 Å². The van der Waals surface area contributed by atoms with Gasteiger partial charge in [-0.1, -0.05) is 25.1 Å². The molecular weight excluding hydrogens is 321 g/mol. The number of rotatable bonds is 5. The minimum atomic E-state index is -0.319. The van der Waals surface area contributed by atoms with Gasteiger partial charge in [0.1, 0.15) is 17.3 Å². The van der Waals surface area contributed by atoms with Crippen molar-refractivity contribution in [3.8, 4) is 11.5 Å². The highest BCUT2D eigenvalue weighted by Crippen LogP contribution is 2.34. The SMILES string of the molecule is CCNC(C)c1ccccc1Oc1cc(F)ccc1Br. The molecular formula is C16H17BrFNO. The van der Waals surface area contributed by atoms with Gasteiger partial charge in [0.25, 0.3) is 0 Å². The highest BCUT2D eigenvalue weighted by Gasteiger charge is 2.12. The topological polar surface area (TPSA) is 21.3 Å². The fourth-order valence-corrected chi connectivity index (χ4v) is 2.35. The Morgan fingerprint density at radius 3 is 2.70 bits per heavy atom. The number of benzene rings is 2. The van der Waals surface area contributed by atoms with Crippen LogP contribution in [0.2, 0.25) is 0 Å². The van der Waals surface area contributed by atoms with Crippen LogP contribution < -0.4 is 10.1 Å². The maximum atomic E-state index is 13.3. The second-order valence-electron chi connectivity index (χ2n) is 4.49. The van der Waals surface area contributed by atoms with Gasteiger partial charge in [0, 0.05) is 17.7 Å². The van der Waals surface area contributed by atoms with Gasteiger partial charge in [-0.25, -0.2) is 4.39 Å². The van der Waals surface area contributed by atoms with E-state index in [9.17, 15) is 4.39 Å². The summed E-state index contributed by atoms with van der Waals surface area (Å²) < 4.78 is 19.9. The molecule has 1 unspecified atom stereocenters. The molecule has 2 aromatic rings. The Labute approximate surface area is 127 Å². The third-order valence-corrected chi connectivity index (χ3v) is 3.66. The molecule has 106 valence electrons. The number of ether oxygens (including phenoxy) is 1. The van der Waals surface area contributed by atoms with E-state index in [1.54, 1.807) is 6.07 Å². The predicted molar refractivity (Wildman–Crippen MR) is 82.7 cm³/mol. The summed E-state index contributed by atoms with van der Waals surface area (Å²) in [6.07, 6.45) is 0. The molecule has 0 fully saturated rings. The minimum Gasteiger partial charge on any atom is -0.456 e. The van der Waals surface area contributed by atoms with Gasteiger partial charge in [-0.15, -0.1) is 0 Å². The van der Waals surface area contributed by atoms with E-state index >= 15 is 0 Å². The van der Waals surface area contributed by atoms with Crippen LogP contribution in [-0.2, 0) is 0 Å². The molecule has 0 aliphatic carbocycles. The highest BCUT2D eigenvalue weighted by molar-refractivity contribution is 9.10. The molecule has 0 amide bonds. The first kappa shape index (κ1) is 15.0. The van der Waals surface area contributed by atoms with E-state index in [1.807, 2.05) is 24.3 Å². The Bertz CT molecular complexity index is 588. The number of hydrogen-bond acceptors (Lipinski definition) is 2. The van der Waals surface area contributed by atoms with Crippen LogP contribution in [0.1, 0.15) is 25.5 Å². The Kier molecular flexibility index (Phi) is 5.15. The third kappa shape index (κ3) is 3.58. The molecule has 1 N–H and O–H groups in total. The summed E-state index contributed by atoms with van der Waals surface area (Å²) in [5, 5.41) is 3.35. The van der Waals surface area contributed by atoms with E-state index < -0.39 is 0 Å². The molecule has 0 saturated carbocycles. The van der Waals surface area contributed by atoms with Crippen molar-refractivity contribution in [3.05, 3.63) is 58.3 Å². The Balaban J connectivity index is 2.31. The lowest BCUT2D eigenvalue weighted by atomic mass is 10.1. The number of para-hydroxylation sites is 1. The van der Waals surface area contributed by atoms with Crippen molar-refractivity contribution in [2.45, 2.75) is 19.9 Å². The summed E-state index contributed by atoms with van der Waals surface area (Å²) in [6.45, 7) is 5.01. The van der Waals surface area contributed by atoms with Crippen LogP contribution in [0.4, 0.5) is 4.39 Å². The largest absolute Gasteiger partial charge is 0.456 e. The maximum Gasteiger partial charge on any atom is 0.144 e. The van der Waals surface area contributed by atoms with Crippen molar-refractivity contribution in [3.63, 3.8) is 0 Å². The fraction of sp³-hybridized carbons (Fsp3) is 0.250. The average Bonchev–Trinajstić information content (AvgIpc) is 2.44. The van der Waals surface area contributed by atoms with Crippen molar-refractivity contribution in [2.75, 3.05) is 6.54 Å². The van der Waals surface area contributed by atoms with E-state index in [0.717, 1.165) is 22.3 Å². The van der Waals surface area contributed by atoms with E-state index in [4.69, 9.17) is 4.74 Å².